The number of nitrogens with one attached hydrogen (secondary N) is 2. The highest BCUT2D eigenvalue weighted by molar-refractivity contribution is 7.89. The first-order valence-corrected chi connectivity index (χ1v) is 11.0. The van der Waals surface area contributed by atoms with Gasteiger partial charge in [0.05, 0.1) is 4.90 Å². The van der Waals surface area contributed by atoms with Crippen molar-refractivity contribution in [2.75, 3.05) is 18.4 Å². The molecule has 2 N–H and O–H groups in total. The third-order valence-electron chi connectivity index (χ3n) is 4.96. The van der Waals surface area contributed by atoms with Crippen molar-refractivity contribution in [3.8, 4) is 0 Å². The fraction of sp³-hybridized carbons (Fsp3) is 0.333. The number of aryl methyl sites for hydroxylation is 1. The molecule has 0 aliphatic carbocycles. The fourth-order valence-electron chi connectivity index (χ4n) is 3.39. The number of likely N-dealkylation sites (tertiary alicyclic amines) is 1. The highest BCUT2D eigenvalue weighted by Gasteiger charge is 2.27. The summed E-state index contributed by atoms with van der Waals surface area (Å²) < 4.78 is 28.0. The molecular weight excluding hydrogens is 390 g/mol. The molecule has 29 heavy (non-hydrogen) atoms. The maximum absolute atomic E-state index is 12.7. The van der Waals surface area contributed by atoms with Crippen LogP contribution in [-0.4, -0.2) is 44.3 Å². The first kappa shape index (κ1) is 21.0. The number of amides is 2. The Kier molecular flexibility index (Phi) is 6.34. The molecule has 1 saturated heterocycles. The van der Waals surface area contributed by atoms with Crippen LogP contribution in [0.25, 0.3) is 0 Å². The third-order valence-corrected chi connectivity index (χ3v) is 6.50. The van der Waals surface area contributed by atoms with Gasteiger partial charge in [-0.05, 0) is 55.7 Å². The smallest absolute Gasteiger partial charge is 0.254 e. The van der Waals surface area contributed by atoms with Gasteiger partial charge in [-0.15, -0.1) is 0 Å². The Morgan fingerprint density at radius 1 is 1.00 bits per heavy atom. The molecule has 1 fully saturated rings. The summed E-state index contributed by atoms with van der Waals surface area (Å²) in [5, 5.41) is 2.61. The molecule has 3 rings (SSSR count). The summed E-state index contributed by atoms with van der Waals surface area (Å²) in [6.07, 6.45) is 1.11. The van der Waals surface area contributed by atoms with Gasteiger partial charge in [-0.2, -0.15) is 0 Å². The quantitative estimate of drug-likeness (QED) is 0.784. The molecule has 1 heterocycles. The Balaban J connectivity index is 1.59. The molecule has 0 aromatic heterocycles. The Hall–Kier alpha value is -2.71. The molecular formula is C21H25N3O4S. The van der Waals surface area contributed by atoms with Crippen LogP contribution in [0.1, 0.15) is 35.7 Å². The predicted molar refractivity (Wildman–Crippen MR) is 111 cm³/mol. The van der Waals surface area contributed by atoms with E-state index in [2.05, 4.69) is 10.0 Å². The fourth-order valence-corrected chi connectivity index (χ4v) is 4.70. The number of benzene rings is 2. The highest BCUT2D eigenvalue weighted by Crippen LogP contribution is 2.19. The lowest BCUT2D eigenvalue weighted by molar-refractivity contribution is -0.114. The standard InChI is InChI=1S/C21H25N3O4S/c1-15-5-3-4-6-20(15)21(26)24-13-11-18(12-14-24)23-29(27,28)19-9-7-17(8-10-19)22-16(2)25/h3-10,18,23H,11-14H2,1-2H3,(H,22,25). The summed E-state index contributed by atoms with van der Waals surface area (Å²) in [5.41, 5.74) is 2.16. The van der Waals surface area contributed by atoms with Gasteiger partial charge in [0.15, 0.2) is 0 Å². The maximum atomic E-state index is 12.7. The van der Waals surface area contributed by atoms with Crippen molar-refractivity contribution in [2.24, 2.45) is 0 Å². The largest absolute Gasteiger partial charge is 0.339 e. The molecule has 8 heteroatoms. The molecule has 2 aromatic carbocycles. The first-order valence-electron chi connectivity index (χ1n) is 9.51. The van der Waals surface area contributed by atoms with E-state index in [0.29, 0.717) is 37.2 Å². The molecule has 1 aliphatic heterocycles. The van der Waals surface area contributed by atoms with E-state index in [1.165, 1.54) is 19.1 Å². The number of anilines is 1. The summed E-state index contributed by atoms with van der Waals surface area (Å²) >= 11 is 0. The minimum absolute atomic E-state index is 0.0158. The van der Waals surface area contributed by atoms with Gasteiger partial charge in [0, 0.05) is 37.3 Å². The maximum Gasteiger partial charge on any atom is 0.254 e. The molecule has 1 aliphatic rings. The molecule has 154 valence electrons. The van der Waals surface area contributed by atoms with Crippen LogP contribution in [0.5, 0.6) is 0 Å². The number of nitrogens with zero attached hydrogens (tertiary/aromatic N) is 1. The molecule has 2 aromatic rings. The van der Waals surface area contributed by atoms with E-state index in [0.717, 1.165) is 5.56 Å². The van der Waals surface area contributed by atoms with Crippen molar-refractivity contribution in [2.45, 2.75) is 37.6 Å². The minimum Gasteiger partial charge on any atom is -0.339 e. The molecule has 2 amide bonds. The molecule has 7 nitrogen and oxygen atoms in total. The van der Waals surface area contributed by atoms with E-state index in [1.807, 2.05) is 31.2 Å². The van der Waals surface area contributed by atoms with Gasteiger partial charge in [0.1, 0.15) is 0 Å². The summed E-state index contributed by atoms with van der Waals surface area (Å²) in [6.45, 7) is 4.30. The Morgan fingerprint density at radius 3 is 2.21 bits per heavy atom. The lowest BCUT2D eigenvalue weighted by Gasteiger charge is -2.32. The zero-order chi connectivity index (χ0) is 21.0. The van der Waals surface area contributed by atoms with Gasteiger partial charge in [-0.25, -0.2) is 13.1 Å². The Morgan fingerprint density at radius 2 is 1.62 bits per heavy atom. The van der Waals surface area contributed by atoms with Gasteiger partial charge >= 0.3 is 0 Å². The second-order valence-electron chi connectivity index (χ2n) is 7.21. The van der Waals surface area contributed by atoms with Crippen LogP contribution in [0.4, 0.5) is 5.69 Å². The number of piperidine rings is 1. The van der Waals surface area contributed by atoms with E-state index in [1.54, 1.807) is 17.0 Å². The molecule has 0 saturated carbocycles. The van der Waals surface area contributed by atoms with Crippen molar-refractivity contribution in [1.29, 1.82) is 0 Å². The SMILES string of the molecule is CC(=O)Nc1ccc(S(=O)(=O)NC2CCN(C(=O)c3ccccc3C)CC2)cc1. The second kappa shape index (κ2) is 8.75. The number of hydrogen-bond acceptors (Lipinski definition) is 4. The van der Waals surface area contributed by atoms with Crippen molar-refractivity contribution < 1.29 is 18.0 Å². The van der Waals surface area contributed by atoms with E-state index in [4.69, 9.17) is 0 Å². The van der Waals surface area contributed by atoms with Crippen molar-refractivity contribution in [1.82, 2.24) is 9.62 Å². The molecule has 0 unspecified atom stereocenters. The molecule has 0 radical (unpaired) electrons. The topological polar surface area (TPSA) is 95.6 Å². The molecule has 0 atom stereocenters. The van der Waals surface area contributed by atoms with Crippen molar-refractivity contribution in [3.05, 3.63) is 59.7 Å². The average molecular weight is 416 g/mol. The number of carbonyl (C=O) groups excluding carboxylic acids is 2. The number of sulfonamides is 1. The number of rotatable bonds is 5. The van der Waals surface area contributed by atoms with Crippen LogP contribution in [0.2, 0.25) is 0 Å². The van der Waals surface area contributed by atoms with Crippen LogP contribution >= 0.6 is 0 Å². The zero-order valence-corrected chi connectivity index (χ0v) is 17.3. The van der Waals surface area contributed by atoms with Gasteiger partial charge in [0.25, 0.3) is 5.91 Å². The van der Waals surface area contributed by atoms with Crippen LogP contribution in [0.15, 0.2) is 53.4 Å². The summed E-state index contributed by atoms with van der Waals surface area (Å²) in [7, 11) is -3.67. The number of hydrogen-bond donors (Lipinski definition) is 2. The van der Waals surface area contributed by atoms with Crippen LogP contribution in [0.3, 0.4) is 0 Å². The van der Waals surface area contributed by atoms with Crippen LogP contribution < -0.4 is 10.0 Å². The van der Waals surface area contributed by atoms with Crippen LogP contribution in [-0.2, 0) is 14.8 Å². The van der Waals surface area contributed by atoms with Gasteiger partial charge in [-0.3, -0.25) is 9.59 Å². The van der Waals surface area contributed by atoms with E-state index >= 15 is 0 Å². The predicted octanol–water partition coefficient (Wildman–Crippen LogP) is 2.54. The van der Waals surface area contributed by atoms with E-state index in [-0.39, 0.29) is 22.8 Å². The average Bonchev–Trinajstić information content (AvgIpc) is 2.68. The van der Waals surface area contributed by atoms with Crippen molar-refractivity contribution in [3.63, 3.8) is 0 Å². The summed E-state index contributed by atoms with van der Waals surface area (Å²) in [5.74, 6) is -0.233. The lowest BCUT2D eigenvalue weighted by Crippen LogP contribution is -2.46. The van der Waals surface area contributed by atoms with Crippen LogP contribution in [0, 0.1) is 6.92 Å². The van der Waals surface area contributed by atoms with E-state index < -0.39 is 10.0 Å². The van der Waals surface area contributed by atoms with Gasteiger partial charge in [0.2, 0.25) is 15.9 Å². The third kappa shape index (κ3) is 5.21. The first-order chi connectivity index (χ1) is 13.8. The highest BCUT2D eigenvalue weighted by atomic mass is 32.2. The van der Waals surface area contributed by atoms with E-state index in [9.17, 15) is 18.0 Å². The van der Waals surface area contributed by atoms with Gasteiger partial charge in [-0.1, -0.05) is 18.2 Å². The number of carbonyl (C=O) groups is 2. The zero-order valence-electron chi connectivity index (χ0n) is 16.5. The van der Waals surface area contributed by atoms with Gasteiger partial charge < -0.3 is 10.2 Å². The molecule has 0 bridgehead atoms. The Bertz CT molecular complexity index is 995. The summed E-state index contributed by atoms with van der Waals surface area (Å²) in [6, 6.07) is 13.3. The monoisotopic (exact) mass is 415 g/mol. The second-order valence-corrected chi connectivity index (χ2v) is 8.92. The summed E-state index contributed by atoms with van der Waals surface area (Å²) in [4.78, 5) is 25.7. The minimum atomic E-state index is -3.67. The molecule has 0 spiro atoms. The lowest BCUT2D eigenvalue weighted by atomic mass is 10.0. The Labute approximate surface area is 171 Å². The normalized spacial score (nSPS) is 15.2. The van der Waals surface area contributed by atoms with Crippen molar-refractivity contribution >= 4 is 27.5 Å².